The van der Waals surface area contributed by atoms with Crippen LogP contribution in [0, 0.1) is 5.92 Å². The molecule has 0 amide bonds. The fourth-order valence-electron chi connectivity index (χ4n) is 2.32. The predicted octanol–water partition coefficient (Wildman–Crippen LogP) is 1.80. The summed E-state index contributed by atoms with van der Waals surface area (Å²) in [6, 6.07) is 0. The Morgan fingerprint density at radius 1 is 1.36 bits per heavy atom. The Hall–Kier alpha value is 0.270. The Morgan fingerprint density at radius 2 is 1.93 bits per heavy atom. The molecule has 0 aliphatic carbocycles. The van der Waals surface area contributed by atoms with Gasteiger partial charge >= 0.3 is 0 Å². The quantitative estimate of drug-likeness (QED) is 0.777. The first-order chi connectivity index (χ1) is 6.58. The van der Waals surface area contributed by atoms with E-state index < -0.39 is 0 Å². The highest BCUT2D eigenvalue weighted by Gasteiger charge is 2.31. The summed E-state index contributed by atoms with van der Waals surface area (Å²) in [5.74, 6) is 3.28. The number of nitrogens with two attached hydrogens (primary N) is 1. The van der Waals surface area contributed by atoms with Crippen LogP contribution in [0.2, 0.25) is 0 Å². The van der Waals surface area contributed by atoms with Gasteiger partial charge in [-0.15, -0.1) is 0 Å². The van der Waals surface area contributed by atoms with Crippen LogP contribution in [0.25, 0.3) is 0 Å². The van der Waals surface area contributed by atoms with Crippen molar-refractivity contribution in [2.75, 3.05) is 31.1 Å². The lowest BCUT2D eigenvalue weighted by Gasteiger charge is -2.43. The predicted molar refractivity (Wildman–Crippen MR) is 65.8 cm³/mol. The molecule has 1 unspecified atom stereocenters. The zero-order chi connectivity index (χ0) is 10.6. The first-order valence-electron chi connectivity index (χ1n) is 5.61. The second-order valence-electron chi connectivity index (χ2n) is 4.90. The summed E-state index contributed by atoms with van der Waals surface area (Å²) in [4.78, 5) is 2.59. The van der Waals surface area contributed by atoms with E-state index in [-0.39, 0.29) is 5.54 Å². The van der Waals surface area contributed by atoms with E-state index in [1.54, 1.807) is 0 Å². The number of nitrogens with zero attached hydrogens (tertiary/aromatic N) is 1. The van der Waals surface area contributed by atoms with E-state index >= 15 is 0 Å². The van der Waals surface area contributed by atoms with Crippen LogP contribution < -0.4 is 5.73 Å². The molecule has 1 aliphatic heterocycles. The lowest BCUT2D eigenvalue weighted by atomic mass is 9.89. The average Bonchev–Trinajstić information content (AvgIpc) is 2.18. The van der Waals surface area contributed by atoms with Gasteiger partial charge < -0.3 is 5.73 Å². The summed E-state index contributed by atoms with van der Waals surface area (Å²) < 4.78 is 0. The third-order valence-electron chi connectivity index (χ3n) is 3.06. The third kappa shape index (κ3) is 3.14. The lowest BCUT2D eigenvalue weighted by Crippen LogP contribution is -2.55. The number of thioether (sulfide) groups is 1. The van der Waals surface area contributed by atoms with E-state index in [0.29, 0.717) is 0 Å². The molecule has 0 saturated carbocycles. The maximum atomic E-state index is 5.94. The molecule has 84 valence electrons. The topological polar surface area (TPSA) is 29.3 Å². The highest BCUT2D eigenvalue weighted by atomic mass is 32.2. The summed E-state index contributed by atoms with van der Waals surface area (Å²) in [7, 11) is 0. The molecule has 1 rings (SSSR count). The molecule has 0 aromatic heterocycles. The SMILES string of the molecule is CC(C)CC(C)(CN)N1CCSCC1. The Balaban J connectivity index is 2.56. The normalized spacial score (nSPS) is 23.8. The van der Waals surface area contributed by atoms with Crippen LogP contribution >= 0.6 is 11.8 Å². The van der Waals surface area contributed by atoms with Crippen molar-refractivity contribution in [1.82, 2.24) is 4.90 Å². The molecule has 1 fully saturated rings. The Labute approximate surface area is 92.6 Å². The maximum absolute atomic E-state index is 5.94. The molecular weight excluding hydrogens is 192 g/mol. The first kappa shape index (κ1) is 12.3. The van der Waals surface area contributed by atoms with E-state index in [1.807, 2.05) is 0 Å². The smallest absolute Gasteiger partial charge is 0.0306 e. The summed E-state index contributed by atoms with van der Waals surface area (Å²) in [6.07, 6.45) is 1.22. The monoisotopic (exact) mass is 216 g/mol. The fourth-order valence-corrected chi connectivity index (χ4v) is 3.23. The van der Waals surface area contributed by atoms with Gasteiger partial charge in [-0.25, -0.2) is 0 Å². The van der Waals surface area contributed by atoms with Crippen molar-refractivity contribution in [2.45, 2.75) is 32.7 Å². The van der Waals surface area contributed by atoms with E-state index in [2.05, 4.69) is 37.4 Å². The molecule has 3 heteroatoms. The van der Waals surface area contributed by atoms with Crippen LogP contribution in [0.5, 0.6) is 0 Å². The van der Waals surface area contributed by atoms with Crippen molar-refractivity contribution in [3.63, 3.8) is 0 Å². The molecule has 0 radical (unpaired) electrons. The van der Waals surface area contributed by atoms with Gasteiger partial charge in [-0.1, -0.05) is 13.8 Å². The highest BCUT2D eigenvalue weighted by molar-refractivity contribution is 7.99. The summed E-state index contributed by atoms with van der Waals surface area (Å²) in [5.41, 5.74) is 6.17. The van der Waals surface area contributed by atoms with Gasteiger partial charge in [0.25, 0.3) is 0 Å². The van der Waals surface area contributed by atoms with Crippen LogP contribution in [-0.2, 0) is 0 Å². The van der Waals surface area contributed by atoms with Crippen LogP contribution in [0.3, 0.4) is 0 Å². The second-order valence-corrected chi connectivity index (χ2v) is 6.12. The van der Waals surface area contributed by atoms with Gasteiger partial charge in [0, 0.05) is 36.7 Å². The lowest BCUT2D eigenvalue weighted by molar-refractivity contribution is 0.101. The molecule has 1 atom stereocenters. The van der Waals surface area contributed by atoms with Crippen LogP contribution in [0.1, 0.15) is 27.2 Å². The van der Waals surface area contributed by atoms with Gasteiger partial charge in [0.15, 0.2) is 0 Å². The molecule has 1 saturated heterocycles. The molecule has 0 bridgehead atoms. The summed E-state index contributed by atoms with van der Waals surface area (Å²) in [6.45, 7) is 10.1. The van der Waals surface area contributed by atoms with E-state index in [0.717, 1.165) is 12.5 Å². The maximum Gasteiger partial charge on any atom is 0.0306 e. The van der Waals surface area contributed by atoms with Crippen molar-refractivity contribution in [3.05, 3.63) is 0 Å². The van der Waals surface area contributed by atoms with Crippen LogP contribution in [-0.4, -0.2) is 41.6 Å². The Kier molecular flexibility index (Phi) is 4.74. The first-order valence-corrected chi connectivity index (χ1v) is 6.77. The fraction of sp³-hybridized carbons (Fsp3) is 1.00. The van der Waals surface area contributed by atoms with E-state index in [1.165, 1.54) is 31.0 Å². The van der Waals surface area contributed by atoms with E-state index in [4.69, 9.17) is 5.73 Å². The average molecular weight is 216 g/mol. The van der Waals surface area contributed by atoms with E-state index in [9.17, 15) is 0 Å². The minimum Gasteiger partial charge on any atom is -0.329 e. The molecule has 0 aromatic carbocycles. The molecule has 0 aromatic rings. The molecule has 1 heterocycles. The highest BCUT2D eigenvalue weighted by Crippen LogP contribution is 2.25. The van der Waals surface area contributed by atoms with Crippen molar-refractivity contribution in [2.24, 2.45) is 11.7 Å². The molecule has 1 aliphatic rings. The zero-order valence-electron chi connectivity index (χ0n) is 9.75. The van der Waals surface area contributed by atoms with Gasteiger partial charge in [-0.05, 0) is 19.3 Å². The van der Waals surface area contributed by atoms with Crippen molar-refractivity contribution < 1.29 is 0 Å². The third-order valence-corrected chi connectivity index (χ3v) is 4.00. The number of rotatable bonds is 4. The standard InChI is InChI=1S/C11H24N2S/c1-10(2)8-11(3,9-12)13-4-6-14-7-5-13/h10H,4-9,12H2,1-3H3. The molecular formula is C11H24N2S. The van der Waals surface area contributed by atoms with Gasteiger partial charge in [-0.3, -0.25) is 4.90 Å². The van der Waals surface area contributed by atoms with Crippen molar-refractivity contribution >= 4 is 11.8 Å². The van der Waals surface area contributed by atoms with Gasteiger partial charge in [0.05, 0.1) is 0 Å². The Bertz CT molecular complexity index is 167. The van der Waals surface area contributed by atoms with Gasteiger partial charge in [0.2, 0.25) is 0 Å². The summed E-state index contributed by atoms with van der Waals surface area (Å²) in [5, 5.41) is 0. The van der Waals surface area contributed by atoms with Crippen LogP contribution in [0.4, 0.5) is 0 Å². The van der Waals surface area contributed by atoms with Crippen molar-refractivity contribution in [1.29, 1.82) is 0 Å². The minimum atomic E-state index is 0.231. The molecule has 14 heavy (non-hydrogen) atoms. The van der Waals surface area contributed by atoms with Crippen molar-refractivity contribution in [3.8, 4) is 0 Å². The second kappa shape index (κ2) is 5.38. The van der Waals surface area contributed by atoms with Gasteiger partial charge in [0.1, 0.15) is 0 Å². The molecule has 0 spiro atoms. The molecule has 2 nitrogen and oxygen atoms in total. The zero-order valence-corrected chi connectivity index (χ0v) is 10.6. The number of hydrogen-bond donors (Lipinski definition) is 1. The largest absolute Gasteiger partial charge is 0.329 e. The van der Waals surface area contributed by atoms with Crippen LogP contribution in [0.15, 0.2) is 0 Å². The minimum absolute atomic E-state index is 0.231. The Morgan fingerprint density at radius 3 is 2.36 bits per heavy atom. The van der Waals surface area contributed by atoms with Gasteiger partial charge in [-0.2, -0.15) is 11.8 Å². The molecule has 2 N–H and O–H groups in total. The number of hydrogen-bond acceptors (Lipinski definition) is 3. The summed E-state index contributed by atoms with van der Waals surface area (Å²) >= 11 is 2.06.